The van der Waals surface area contributed by atoms with E-state index in [1.54, 1.807) is 0 Å². The van der Waals surface area contributed by atoms with E-state index in [0.717, 1.165) is 23.6 Å². The molecule has 0 aromatic heterocycles. The van der Waals surface area contributed by atoms with Crippen molar-refractivity contribution in [1.29, 1.82) is 0 Å². The molecule has 0 saturated heterocycles. The van der Waals surface area contributed by atoms with Crippen molar-refractivity contribution in [1.82, 2.24) is 5.32 Å². The zero-order valence-electron chi connectivity index (χ0n) is 9.90. The van der Waals surface area contributed by atoms with Crippen LogP contribution < -0.4 is 14.8 Å². The molecule has 1 aromatic rings. The zero-order chi connectivity index (χ0) is 12.1. The summed E-state index contributed by atoms with van der Waals surface area (Å²) in [4.78, 5) is 0.796. The Kier molecular flexibility index (Phi) is 4.39. The van der Waals surface area contributed by atoms with Crippen LogP contribution in [-0.4, -0.2) is 36.8 Å². The minimum Gasteiger partial charge on any atom is -0.490 e. The lowest BCUT2D eigenvalue weighted by molar-refractivity contribution is 0.297. The first-order valence-corrected chi connectivity index (χ1v) is 7.06. The lowest BCUT2D eigenvalue weighted by Gasteiger charge is -2.09. The second kappa shape index (κ2) is 6.02. The van der Waals surface area contributed by atoms with E-state index < -0.39 is 10.8 Å². The Morgan fingerprint density at radius 1 is 1.29 bits per heavy atom. The molecule has 1 aliphatic rings. The molecule has 94 valence electrons. The maximum absolute atomic E-state index is 12.0. The molecule has 0 radical (unpaired) electrons. The predicted molar refractivity (Wildman–Crippen MR) is 67.3 cm³/mol. The minimum atomic E-state index is -0.985. The summed E-state index contributed by atoms with van der Waals surface area (Å²) in [6.45, 7) is 2.07. The molecule has 0 fully saturated rings. The van der Waals surface area contributed by atoms with Crippen LogP contribution in [0.3, 0.4) is 0 Å². The van der Waals surface area contributed by atoms with Gasteiger partial charge in [-0.3, -0.25) is 4.21 Å². The molecule has 0 spiro atoms. The number of nitrogens with one attached hydrogen (secondary N) is 1. The maximum atomic E-state index is 12.0. The quantitative estimate of drug-likeness (QED) is 0.877. The van der Waals surface area contributed by atoms with E-state index in [1.165, 1.54) is 0 Å². The topological polar surface area (TPSA) is 47.6 Å². The molecule has 0 amide bonds. The van der Waals surface area contributed by atoms with Crippen LogP contribution >= 0.6 is 0 Å². The van der Waals surface area contributed by atoms with Gasteiger partial charge in [0.15, 0.2) is 11.5 Å². The van der Waals surface area contributed by atoms with Crippen LogP contribution in [0.5, 0.6) is 11.5 Å². The highest BCUT2D eigenvalue weighted by molar-refractivity contribution is 7.85. The van der Waals surface area contributed by atoms with Crippen molar-refractivity contribution in [2.45, 2.75) is 11.3 Å². The molecule has 0 saturated carbocycles. The van der Waals surface area contributed by atoms with Crippen molar-refractivity contribution in [3.63, 3.8) is 0 Å². The van der Waals surface area contributed by atoms with Crippen molar-refractivity contribution in [3.05, 3.63) is 18.2 Å². The fourth-order valence-electron chi connectivity index (χ4n) is 1.60. The second-order valence-electron chi connectivity index (χ2n) is 3.81. The Balaban J connectivity index is 2.14. The molecule has 5 heteroatoms. The molecule has 0 aliphatic carbocycles. The molecule has 1 unspecified atom stereocenters. The normalized spacial score (nSPS) is 16.3. The third-order valence-corrected chi connectivity index (χ3v) is 3.87. The van der Waals surface area contributed by atoms with E-state index in [0.29, 0.717) is 24.7 Å². The smallest absolute Gasteiger partial charge is 0.162 e. The maximum Gasteiger partial charge on any atom is 0.162 e. The third-order valence-electron chi connectivity index (χ3n) is 2.52. The van der Waals surface area contributed by atoms with Gasteiger partial charge in [-0.25, -0.2) is 0 Å². The van der Waals surface area contributed by atoms with Gasteiger partial charge >= 0.3 is 0 Å². The number of hydrogen-bond acceptors (Lipinski definition) is 4. The van der Waals surface area contributed by atoms with Crippen molar-refractivity contribution in [2.75, 3.05) is 32.6 Å². The van der Waals surface area contributed by atoms with Crippen molar-refractivity contribution < 1.29 is 13.7 Å². The Bertz CT molecular complexity index is 409. The lowest BCUT2D eigenvalue weighted by Crippen LogP contribution is -2.15. The van der Waals surface area contributed by atoms with Gasteiger partial charge in [0.2, 0.25) is 0 Å². The number of ether oxygens (including phenoxy) is 2. The first kappa shape index (κ1) is 12.4. The van der Waals surface area contributed by atoms with Gasteiger partial charge in [-0.15, -0.1) is 0 Å². The summed E-state index contributed by atoms with van der Waals surface area (Å²) < 4.78 is 23.0. The SMILES string of the molecule is CNCCS(=O)c1ccc2c(c1)OCCCO2. The van der Waals surface area contributed by atoms with Crippen LogP contribution in [0.15, 0.2) is 23.1 Å². The zero-order valence-corrected chi connectivity index (χ0v) is 10.7. The summed E-state index contributed by atoms with van der Waals surface area (Å²) in [5, 5.41) is 2.99. The molecule has 1 aliphatic heterocycles. The Labute approximate surface area is 104 Å². The highest BCUT2D eigenvalue weighted by Crippen LogP contribution is 2.31. The van der Waals surface area contributed by atoms with Crippen LogP contribution in [0.4, 0.5) is 0 Å². The first-order valence-electron chi connectivity index (χ1n) is 5.74. The highest BCUT2D eigenvalue weighted by atomic mass is 32.2. The van der Waals surface area contributed by atoms with E-state index in [9.17, 15) is 4.21 Å². The lowest BCUT2D eigenvalue weighted by atomic mass is 10.3. The summed E-state index contributed by atoms with van der Waals surface area (Å²) in [5.74, 6) is 2.06. The molecule has 17 heavy (non-hydrogen) atoms. The van der Waals surface area contributed by atoms with Crippen molar-refractivity contribution in [3.8, 4) is 11.5 Å². The standard InChI is InChI=1S/C12H17NO3S/c1-13-5-8-17(14)10-3-4-11-12(9-10)16-7-2-6-15-11/h3-4,9,13H,2,5-8H2,1H3. The highest BCUT2D eigenvalue weighted by Gasteiger charge is 2.12. The molecule has 1 aromatic carbocycles. The molecule has 1 atom stereocenters. The van der Waals surface area contributed by atoms with Crippen molar-refractivity contribution in [2.24, 2.45) is 0 Å². The number of hydrogen-bond donors (Lipinski definition) is 1. The van der Waals surface area contributed by atoms with Gasteiger partial charge in [-0.05, 0) is 19.2 Å². The van der Waals surface area contributed by atoms with Gasteiger partial charge in [-0.1, -0.05) is 0 Å². The number of rotatable bonds is 4. The third kappa shape index (κ3) is 3.20. The minimum absolute atomic E-state index is 0.607. The van der Waals surface area contributed by atoms with Crippen LogP contribution in [0.2, 0.25) is 0 Å². The molecule has 2 rings (SSSR count). The summed E-state index contributed by atoms with van der Waals surface area (Å²) in [6.07, 6.45) is 0.882. The summed E-state index contributed by atoms with van der Waals surface area (Å²) >= 11 is 0. The van der Waals surface area contributed by atoms with Crippen LogP contribution in [0.25, 0.3) is 0 Å². The van der Waals surface area contributed by atoms with Crippen LogP contribution in [-0.2, 0) is 10.8 Å². The van der Waals surface area contributed by atoms with E-state index >= 15 is 0 Å². The van der Waals surface area contributed by atoms with E-state index in [1.807, 2.05) is 25.2 Å². The van der Waals surface area contributed by atoms with Gasteiger partial charge in [0, 0.05) is 29.7 Å². The van der Waals surface area contributed by atoms with E-state index in [-0.39, 0.29) is 0 Å². The molecular weight excluding hydrogens is 238 g/mol. The van der Waals surface area contributed by atoms with Gasteiger partial charge < -0.3 is 14.8 Å². The monoisotopic (exact) mass is 255 g/mol. The summed E-state index contributed by atoms with van der Waals surface area (Å²) in [5.41, 5.74) is 0. The Hall–Kier alpha value is -1.07. The Morgan fingerprint density at radius 2 is 2.06 bits per heavy atom. The molecule has 1 heterocycles. The first-order chi connectivity index (χ1) is 8.31. The van der Waals surface area contributed by atoms with E-state index in [4.69, 9.17) is 9.47 Å². The Morgan fingerprint density at radius 3 is 2.82 bits per heavy atom. The number of benzene rings is 1. The van der Waals surface area contributed by atoms with Crippen LogP contribution in [0.1, 0.15) is 6.42 Å². The number of fused-ring (bicyclic) bond motifs is 1. The molecule has 1 N–H and O–H groups in total. The molecular formula is C12H17NO3S. The predicted octanol–water partition coefficient (Wildman–Crippen LogP) is 1.17. The van der Waals surface area contributed by atoms with Gasteiger partial charge in [-0.2, -0.15) is 0 Å². The molecule has 0 bridgehead atoms. The van der Waals surface area contributed by atoms with Gasteiger partial charge in [0.05, 0.1) is 24.0 Å². The van der Waals surface area contributed by atoms with Gasteiger partial charge in [0.25, 0.3) is 0 Å². The molecule has 4 nitrogen and oxygen atoms in total. The summed E-state index contributed by atoms with van der Waals surface area (Å²) in [6, 6.07) is 5.51. The summed E-state index contributed by atoms with van der Waals surface area (Å²) in [7, 11) is 0.867. The average Bonchev–Trinajstić information content (AvgIpc) is 2.60. The fraction of sp³-hybridized carbons (Fsp3) is 0.500. The van der Waals surface area contributed by atoms with Crippen LogP contribution in [0, 0.1) is 0 Å². The second-order valence-corrected chi connectivity index (χ2v) is 5.38. The van der Waals surface area contributed by atoms with E-state index in [2.05, 4.69) is 5.32 Å². The fourth-order valence-corrected chi connectivity index (χ4v) is 2.68. The van der Waals surface area contributed by atoms with Crippen molar-refractivity contribution >= 4 is 10.8 Å². The van der Waals surface area contributed by atoms with Gasteiger partial charge in [0.1, 0.15) is 0 Å². The average molecular weight is 255 g/mol. The largest absolute Gasteiger partial charge is 0.490 e.